The highest BCUT2D eigenvalue weighted by atomic mass is 16.2. The van der Waals surface area contributed by atoms with E-state index < -0.39 is 30.0 Å². The smallest absolute Gasteiger partial charge is 0.245 e. The van der Waals surface area contributed by atoms with E-state index in [1.165, 1.54) is 0 Å². The molecule has 1 saturated heterocycles. The molecule has 2 aliphatic rings. The number of unbranched alkanes of at least 4 members (excludes halogenated alkanes) is 1. The normalized spacial score (nSPS) is 20.9. The van der Waals surface area contributed by atoms with E-state index in [2.05, 4.69) is 16.7 Å². The topological polar surface area (TPSA) is 171 Å². The van der Waals surface area contributed by atoms with Crippen molar-refractivity contribution in [2.24, 2.45) is 41.1 Å². The molecule has 2 bridgehead atoms. The molecule has 6 atom stereocenters. The standard InChI is InChI=1S/C39H54N6O4/c1-26(2)19-31(37(47)43-34(15-9-10-18-40)39(49)45-24-29-16-17-30(25-45)32(29)23-41)22-36(46)35(21-28-13-7-4-8-14-28)44-38(48)33(42)20-27-11-5-3-6-12-27/h3-8,11-14,26,29-35H,9-10,15-22,24-25,40,42H2,1-2H3,(H,43,47)(H,44,48). The number of carbonyl (C=O) groups excluding carboxylic acids is 4. The Morgan fingerprint density at radius 1 is 0.857 bits per heavy atom. The average molecular weight is 671 g/mol. The van der Waals surface area contributed by atoms with Crippen molar-refractivity contribution in [1.82, 2.24) is 15.5 Å². The molecule has 4 rings (SSSR count). The molecule has 1 aliphatic carbocycles. The van der Waals surface area contributed by atoms with Crippen LogP contribution < -0.4 is 22.1 Å². The highest BCUT2D eigenvalue weighted by molar-refractivity contribution is 5.95. The van der Waals surface area contributed by atoms with Gasteiger partial charge in [0.05, 0.1) is 24.1 Å². The van der Waals surface area contributed by atoms with Gasteiger partial charge in [-0.05, 0) is 86.8 Å². The zero-order valence-corrected chi connectivity index (χ0v) is 29.1. The van der Waals surface area contributed by atoms with Gasteiger partial charge in [0.15, 0.2) is 5.78 Å². The Balaban J connectivity index is 1.48. The second-order valence-corrected chi connectivity index (χ2v) is 14.4. The Hall–Kier alpha value is -4.07. The summed E-state index contributed by atoms with van der Waals surface area (Å²) in [6.07, 6.45) is 4.67. The summed E-state index contributed by atoms with van der Waals surface area (Å²) in [5.74, 6) is -1.43. The fraction of sp³-hybridized carbons (Fsp3) is 0.564. The van der Waals surface area contributed by atoms with Crippen LogP contribution in [-0.4, -0.2) is 66.2 Å². The third kappa shape index (κ3) is 11.0. The highest BCUT2D eigenvalue weighted by Crippen LogP contribution is 2.41. The summed E-state index contributed by atoms with van der Waals surface area (Å²) in [5, 5.41) is 15.6. The van der Waals surface area contributed by atoms with Crippen LogP contribution in [0.4, 0.5) is 0 Å². The first-order valence-corrected chi connectivity index (χ1v) is 17.9. The number of carbonyl (C=O) groups is 4. The lowest BCUT2D eigenvalue weighted by molar-refractivity contribution is -0.140. The van der Waals surface area contributed by atoms with E-state index in [1.807, 2.05) is 79.4 Å². The van der Waals surface area contributed by atoms with Crippen LogP contribution in [0.15, 0.2) is 60.7 Å². The van der Waals surface area contributed by atoms with Crippen molar-refractivity contribution in [2.75, 3.05) is 19.6 Å². The summed E-state index contributed by atoms with van der Waals surface area (Å²) < 4.78 is 0. The number of rotatable bonds is 18. The number of nitrogens with two attached hydrogens (primary N) is 2. The molecule has 6 N–H and O–H groups in total. The van der Waals surface area contributed by atoms with Gasteiger partial charge in [-0.1, -0.05) is 74.5 Å². The van der Waals surface area contributed by atoms with Crippen molar-refractivity contribution in [3.05, 3.63) is 71.8 Å². The largest absolute Gasteiger partial charge is 0.345 e. The fourth-order valence-electron chi connectivity index (χ4n) is 7.45. The monoisotopic (exact) mass is 670 g/mol. The number of fused-ring (bicyclic) bond motifs is 2. The molecule has 264 valence electrons. The number of benzene rings is 2. The van der Waals surface area contributed by atoms with Gasteiger partial charge >= 0.3 is 0 Å². The number of nitrogens with zero attached hydrogens (tertiary/aromatic N) is 2. The van der Waals surface area contributed by atoms with Gasteiger partial charge in [-0.15, -0.1) is 0 Å². The number of nitrogens with one attached hydrogen (secondary N) is 2. The van der Waals surface area contributed by atoms with Crippen LogP contribution in [0.25, 0.3) is 0 Å². The van der Waals surface area contributed by atoms with E-state index in [-0.39, 0.29) is 54.1 Å². The predicted octanol–water partition coefficient (Wildman–Crippen LogP) is 3.53. The average Bonchev–Trinajstić information content (AvgIpc) is 3.34. The minimum atomic E-state index is -0.877. The van der Waals surface area contributed by atoms with E-state index in [9.17, 15) is 24.4 Å². The SMILES string of the molecule is CC(C)CC(CC(=O)C(Cc1ccccc1)NC(=O)C(N)Cc1ccccc1)C(=O)NC(CCCCN)C(=O)N1CC2CCC(C1)C2C#N. The van der Waals surface area contributed by atoms with Gasteiger partial charge in [-0.25, -0.2) is 0 Å². The first-order chi connectivity index (χ1) is 23.6. The summed E-state index contributed by atoms with van der Waals surface area (Å²) in [6.45, 7) is 5.53. The third-order valence-corrected chi connectivity index (χ3v) is 10.1. The number of hydrogen-bond acceptors (Lipinski definition) is 7. The maximum absolute atomic E-state index is 14.0. The van der Waals surface area contributed by atoms with E-state index in [4.69, 9.17) is 11.5 Å². The second kappa shape index (κ2) is 18.6. The number of Topliss-reactive ketones (excluding diaryl/α,β-unsaturated/α-hetero) is 1. The number of ketones is 1. The van der Waals surface area contributed by atoms with Crippen LogP contribution in [0.2, 0.25) is 0 Å². The molecular weight excluding hydrogens is 616 g/mol. The summed E-state index contributed by atoms with van der Waals surface area (Å²) in [5.41, 5.74) is 13.8. The number of nitriles is 1. The molecule has 3 amide bonds. The Morgan fingerprint density at radius 2 is 1.43 bits per heavy atom. The lowest BCUT2D eigenvalue weighted by atomic mass is 9.86. The molecule has 2 fully saturated rings. The Morgan fingerprint density at radius 3 is 1.98 bits per heavy atom. The lowest BCUT2D eigenvalue weighted by Crippen LogP contribution is -2.54. The van der Waals surface area contributed by atoms with Crippen molar-refractivity contribution in [1.29, 1.82) is 5.26 Å². The zero-order chi connectivity index (χ0) is 35.3. The molecule has 10 heteroatoms. The lowest BCUT2D eigenvalue weighted by Gasteiger charge is -2.37. The van der Waals surface area contributed by atoms with Gasteiger partial charge in [-0.2, -0.15) is 5.26 Å². The summed E-state index contributed by atoms with van der Waals surface area (Å²) in [7, 11) is 0. The molecule has 1 aliphatic heterocycles. The van der Waals surface area contributed by atoms with E-state index in [0.29, 0.717) is 45.3 Å². The van der Waals surface area contributed by atoms with Crippen molar-refractivity contribution < 1.29 is 19.2 Å². The van der Waals surface area contributed by atoms with Crippen LogP contribution in [-0.2, 0) is 32.0 Å². The van der Waals surface area contributed by atoms with E-state index in [0.717, 1.165) is 30.4 Å². The van der Waals surface area contributed by atoms with Crippen LogP contribution >= 0.6 is 0 Å². The molecule has 10 nitrogen and oxygen atoms in total. The van der Waals surface area contributed by atoms with Gasteiger partial charge in [0, 0.05) is 25.4 Å². The minimum absolute atomic E-state index is 0.0204. The number of piperidine rings is 1. The predicted molar refractivity (Wildman–Crippen MR) is 190 cm³/mol. The maximum Gasteiger partial charge on any atom is 0.245 e. The van der Waals surface area contributed by atoms with Gasteiger partial charge in [0.2, 0.25) is 17.7 Å². The third-order valence-electron chi connectivity index (χ3n) is 10.1. The zero-order valence-electron chi connectivity index (χ0n) is 29.1. The minimum Gasteiger partial charge on any atom is -0.345 e. The Bertz CT molecular complexity index is 1410. The summed E-state index contributed by atoms with van der Waals surface area (Å²) in [6, 6.07) is 18.9. The molecule has 49 heavy (non-hydrogen) atoms. The summed E-state index contributed by atoms with van der Waals surface area (Å²) >= 11 is 0. The molecule has 2 aromatic carbocycles. The Labute approximate surface area is 291 Å². The van der Waals surface area contributed by atoms with Gasteiger partial charge in [0.25, 0.3) is 0 Å². The van der Waals surface area contributed by atoms with Crippen LogP contribution in [0.1, 0.15) is 69.9 Å². The molecule has 6 unspecified atom stereocenters. The van der Waals surface area contributed by atoms with Gasteiger partial charge in [-0.3, -0.25) is 19.2 Å². The van der Waals surface area contributed by atoms with E-state index >= 15 is 0 Å². The number of hydrogen-bond donors (Lipinski definition) is 4. The van der Waals surface area contributed by atoms with Crippen molar-refractivity contribution in [3.63, 3.8) is 0 Å². The molecule has 1 heterocycles. The quantitative estimate of drug-likeness (QED) is 0.176. The molecular formula is C39H54N6O4. The first-order valence-electron chi connectivity index (χ1n) is 17.9. The van der Waals surface area contributed by atoms with Gasteiger partial charge in [0.1, 0.15) is 6.04 Å². The van der Waals surface area contributed by atoms with Crippen molar-refractivity contribution in [2.45, 2.75) is 89.8 Å². The number of likely N-dealkylation sites (tertiary alicyclic amines) is 1. The molecule has 1 saturated carbocycles. The van der Waals surface area contributed by atoms with Crippen LogP contribution in [0.5, 0.6) is 0 Å². The highest BCUT2D eigenvalue weighted by Gasteiger charge is 2.44. The van der Waals surface area contributed by atoms with Crippen molar-refractivity contribution in [3.8, 4) is 6.07 Å². The molecule has 2 aromatic rings. The molecule has 0 spiro atoms. The maximum atomic E-state index is 14.0. The number of amides is 3. The van der Waals surface area contributed by atoms with Crippen LogP contribution in [0, 0.1) is 40.9 Å². The Kier molecular flexibility index (Phi) is 14.3. The molecule has 0 radical (unpaired) electrons. The summed E-state index contributed by atoms with van der Waals surface area (Å²) in [4.78, 5) is 57.1. The fourth-order valence-corrected chi connectivity index (χ4v) is 7.45. The second-order valence-electron chi connectivity index (χ2n) is 14.4. The van der Waals surface area contributed by atoms with Crippen LogP contribution in [0.3, 0.4) is 0 Å². The molecule has 0 aromatic heterocycles. The van der Waals surface area contributed by atoms with Gasteiger partial charge < -0.3 is 27.0 Å². The van der Waals surface area contributed by atoms with E-state index in [1.54, 1.807) is 0 Å². The van der Waals surface area contributed by atoms with Crippen molar-refractivity contribution >= 4 is 23.5 Å². The first kappa shape index (κ1) is 37.7.